The molecule has 0 radical (unpaired) electrons. The van der Waals surface area contributed by atoms with Gasteiger partial charge in [0.1, 0.15) is 17.2 Å². The molecule has 1 aliphatic heterocycles. The molecule has 0 spiro atoms. The summed E-state index contributed by atoms with van der Waals surface area (Å²) >= 11 is 0. The summed E-state index contributed by atoms with van der Waals surface area (Å²) in [4.78, 5) is 26.6. The number of fused-ring (bicyclic) bond motifs is 1. The molecule has 2 aromatic heterocycles. The predicted octanol–water partition coefficient (Wildman–Crippen LogP) is 7.24. The third kappa shape index (κ3) is 4.44. The van der Waals surface area contributed by atoms with Gasteiger partial charge in [0.05, 0.1) is 5.54 Å². The van der Waals surface area contributed by atoms with Crippen LogP contribution in [0.3, 0.4) is 0 Å². The molecule has 2 fully saturated rings. The minimum absolute atomic E-state index is 0.498. The molecular formula is C32H37N5O2. The van der Waals surface area contributed by atoms with E-state index in [1.54, 1.807) is 4.90 Å². The van der Waals surface area contributed by atoms with Gasteiger partial charge in [-0.05, 0) is 89.1 Å². The maximum atomic E-state index is 12.4. The number of aromatic nitrogens is 3. The van der Waals surface area contributed by atoms with Crippen molar-refractivity contribution in [1.82, 2.24) is 19.4 Å². The molecule has 202 valence electrons. The number of anilines is 1. The van der Waals surface area contributed by atoms with Gasteiger partial charge in [-0.15, -0.1) is 0 Å². The van der Waals surface area contributed by atoms with E-state index in [0.717, 1.165) is 72.0 Å². The van der Waals surface area contributed by atoms with Crippen LogP contribution in [0.1, 0.15) is 64.9 Å². The first-order valence-electron chi connectivity index (χ1n) is 14.1. The number of nitrogens with zero attached hydrogens (tertiary/aromatic N) is 5. The fourth-order valence-electron chi connectivity index (χ4n) is 6.46. The number of hydrogen-bond acceptors (Lipinski definition) is 4. The Morgan fingerprint density at radius 2 is 1.56 bits per heavy atom. The normalized spacial score (nSPS) is 17.2. The van der Waals surface area contributed by atoms with E-state index in [1.165, 1.54) is 19.3 Å². The Hall–Kier alpha value is -3.87. The summed E-state index contributed by atoms with van der Waals surface area (Å²) in [5, 5.41) is 10.2. The number of hydrogen-bond donors (Lipinski definition) is 1. The zero-order chi connectivity index (χ0) is 27.2. The maximum Gasteiger partial charge on any atom is 0.408 e. The molecule has 7 heteroatoms. The average Bonchev–Trinajstić information content (AvgIpc) is 3.30. The summed E-state index contributed by atoms with van der Waals surface area (Å²) in [7, 11) is 0. The molecule has 1 saturated carbocycles. The molecule has 1 N–H and O–H groups in total. The van der Waals surface area contributed by atoms with Crippen molar-refractivity contribution in [3.05, 3.63) is 72.3 Å². The Kier molecular flexibility index (Phi) is 6.32. The molecule has 0 unspecified atom stereocenters. The number of carboxylic acid groups (broad SMARTS) is 1. The fraction of sp³-hybridized carbons (Fsp3) is 0.406. The second-order valence-electron chi connectivity index (χ2n) is 11.9. The first kappa shape index (κ1) is 25.4. The number of rotatable bonds is 5. The largest absolute Gasteiger partial charge is 0.465 e. The lowest BCUT2D eigenvalue weighted by Gasteiger charge is -2.54. The van der Waals surface area contributed by atoms with Crippen LogP contribution in [0.5, 0.6) is 0 Å². The average molecular weight is 524 g/mol. The molecular weight excluding hydrogens is 486 g/mol. The van der Waals surface area contributed by atoms with E-state index in [-0.39, 0.29) is 0 Å². The zero-order valence-electron chi connectivity index (χ0n) is 23.1. The highest BCUT2D eigenvalue weighted by Gasteiger charge is 2.50. The van der Waals surface area contributed by atoms with E-state index in [0.29, 0.717) is 0 Å². The quantitative estimate of drug-likeness (QED) is 0.299. The third-order valence-corrected chi connectivity index (χ3v) is 8.34. The van der Waals surface area contributed by atoms with Crippen molar-refractivity contribution in [1.29, 1.82) is 0 Å². The van der Waals surface area contributed by atoms with E-state index in [1.807, 2.05) is 39.0 Å². The number of pyridine rings is 1. The molecule has 2 aromatic carbocycles. The highest BCUT2D eigenvalue weighted by Crippen LogP contribution is 2.49. The third-order valence-electron chi connectivity index (χ3n) is 8.34. The van der Waals surface area contributed by atoms with Gasteiger partial charge in [0.15, 0.2) is 5.65 Å². The standard InChI is InChI=1S/C32H37N5O2/c1-31(2,3)37(30(38)39)32(19-10-20-32)24-13-15-25(16-14-24)36-28(23-11-6-4-7-12-23)33-26-17-18-27(34-29(26)36)35-21-8-5-9-22-35/h4,6-7,11-18H,5,8-10,19-22H2,1-3H3,(H,38,39). The number of piperidine rings is 1. The number of benzene rings is 2. The molecule has 7 nitrogen and oxygen atoms in total. The van der Waals surface area contributed by atoms with Crippen molar-refractivity contribution in [2.24, 2.45) is 0 Å². The first-order chi connectivity index (χ1) is 18.8. The second kappa shape index (κ2) is 9.70. The van der Waals surface area contributed by atoms with Gasteiger partial charge in [-0.25, -0.2) is 14.8 Å². The lowest BCUT2D eigenvalue weighted by Crippen LogP contribution is -2.60. The van der Waals surface area contributed by atoms with Gasteiger partial charge >= 0.3 is 6.09 Å². The van der Waals surface area contributed by atoms with E-state index >= 15 is 0 Å². The molecule has 3 heterocycles. The fourth-order valence-corrected chi connectivity index (χ4v) is 6.46. The van der Waals surface area contributed by atoms with Gasteiger partial charge in [0.2, 0.25) is 0 Å². The number of imidazole rings is 1. The van der Waals surface area contributed by atoms with Crippen LogP contribution in [0.2, 0.25) is 0 Å². The van der Waals surface area contributed by atoms with Crippen molar-refractivity contribution in [3.8, 4) is 17.1 Å². The first-order valence-corrected chi connectivity index (χ1v) is 14.1. The zero-order valence-corrected chi connectivity index (χ0v) is 23.1. The lowest BCUT2D eigenvalue weighted by molar-refractivity contribution is -0.0328. The van der Waals surface area contributed by atoms with Crippen LogP contribution < -0.4 is 4.90 Å². The van der Waals surface area contributed by atoms with Crippen LogP contribution in [0.25, 0.3) is 28.2 Å². The maximum absolute atomic E-state index is 12.4. The van der Waals surface area contributed by atoms with E-state index < -0.39 is 17.2 Å². The molecule has 0 atom stereocenters. The molecule has 4 aromatic rings. The van der Waals surface area contributed by atoms with Crippen LogP contribution in [0, 0.1) is 0 Å². The Labute approximate surface area is 230 Å². The second-order valence-corrected chi connectivity index (χ2v) is 11.9. The smallest absolute Gasteiger partial charge is 0.408 e. The summed E-state index contributed by atoms with van der Waals surface area (Å²) in [6.07, 6.45) is 5.48. The van der Waals surface area contributed by atoms with E-state index in [9.17, 15) is 9.90 Å². The molecule has 1 amide bonds. The Morgan fingerprint density at radius 1 is 0.872 bits per heavy atom. The topological polar surface area (TPSA) is 74.5 Å². The summed E-state index contributed by atoms with van der Waals surface area (Å²) in [6.45, 7) is 7.99. The summed E-state index contributed by atoms with van der Waals surface area (Å²) in [5.41, 5.74) is 3.74. The van der Waals surface area contributed by atoms with E-state index in [2.05, 4.69) is 58.0 Å². The van der Waals surface area contributed by atoms with Crippen molar-refractivity contribution in [3.63, 3.8) is 0 Å². The van der Waals surface area contributed by atoms with Gasteiger partial charge in [0.25, 0.3) is 0 Å². The van der Waals surface area contributed by atoms with Crippen LogP contribution in [0.15, 0.2) is 66.7 Å². The predicted molar refractivity (Wildman–Crippen MR) is 156 cm³/mol. The number of carbonyl (C=O) groups is 1. The van der Waals surface area contributed by atoms with Crippen LogP contribution in [-0.4, -0.2) is 49.3 Å². The van der Waals surface area contributed by atoms with Crippen molar-refractivity contribution in [2.45, 2.75) is 70.4 Å². The highest BCUT2D eigenvalue weighted by atomic mass is 16.4. The van der Waals surface area contributed by atoms with Crippen molar-refractivity contribution < 1.29 is 9.90 Å². The van der Waals surface area contributed by atoms with Crippen molar-refractivity contribution >= 4 is 23.1 Å². The molecule has 39 heavy (non-hydrogen) atoms. The van der Waals surface area contributed by atoms with Crippen molar-refractivity contribution in [2.75, 3.05) is 18.0 Å². The molecule has 6 rings (SSSR count). The van der Waals surface area contributed by atoms with Gasteiger partial charge < -0.3 is 10.0 Å². The van der Waals surface area contributed by atoms with Gasteiger partial charge in [0, 0.05) is 29.9 Å². The van der Waals surface area contributed by atoms with Crippen LogP contribution >= 0.6 is 0 Å². The van der Waals surface area contributed by atoms with Gasteiger partial charge in [-0.2, -0.15) is 0 Å². The minimum atomic E-state index is -0.868. The van der Waals surface area contributed by atoms with Crippen LogP contribution in [0.4, 0.5) is 10.6 Å². The Balaban J connectivity index is 1.47. The highest BCUT2D eigenvalue weighted by molar-refractivity contribution is 5.81. The Bertz CT molecular complexity index is 1480. The molecule has 2 aliphatic rings. The SMILES string of the molecule is CC(C)(C)N(C(=O)O)C1(c2ccc(-n3c(-c4ccccc4)nc4ccc(N5CCCCC5)nc43)cc2)CCC1. The summed E-state index contributed by atoms with van der Waals surface area (Å²) in [6, 6.07) is 22.8. The molecule has 1 saturated heterocycles. The molecule has 0 bridgehead atoms. The minimum Gasteiger partial charge on any atom is -0.465 e. The van der Waals surface area contributed by atoms with Gasteiger partial charge in [-0.3, -0.25) is 9.47 Å². The monoisotopic (exact) mass is 523 g/mol. The van der Waals surface area contributed by atoms with Gasteiger partial charge in [-0.1, -0.05) is 42.5 Å². The summed E-state index contributed by atoms with van der Waals surface area (Å²) < 4.78 is 2.15. The Morgan fingerprint density at radius 3 is 2.15 bits per heavy atom. The summed E-state index contributed by atoms with van der Waals surface area (Å²) in [5.74, 6) is 1.84. The molecule has 1 aliphatic carbocycles. The van der Waals surface area contributed by atoms with E-state index in [4.69, 9.17) is 9.97 Å². The number of amides is 1. The van der Waals surface area contributed by atoms with Crippen LogP contribution in [-0.2, 0) is 5.54 Å². The lowest BCUT2D eigenvalue weighted by atomic mass is 9.69.